The molecule has 8 heteroatoms. The molecule has 0 aliphatic carbocycles. The molecule has 1 unspecified atom stereocenters. The number of aliphatic carboxylic acids is 1. The minimum Gasteiger partial charge on any atom is -0.480 e. The average Bonchev–Trinajstić information content (AvgIpc) is 3.01. The molecule has 0 spiro atoms. The van der Waals surface area contributed by atoms with Crippen molar-refractivity contribution in [1.82, 2.24) is 19.9 Å². The smallest absolute Gasteiger partial charge is 0.326 e. The number of oxazole rings is 1. The second-order valence-electron chi connectivity index (χ2n) is 4.97. The Morgan fingerprint density at radius 3 is 2.86 bits per heavy atom. The number of hydrogen-bond acceptors (Lipinski definition) is 5. The van der Waals surface area contributed by atoms with Crippen molar-refractivity contribution in [3.05, 3.63) is 35.1 Å². The Labute approximate surface area is 119 Å². The molecule has 1 aliphatic heterocycles. The Hall–Kier alpha value is -2.64. The molecule has 2 aromatic heterocycles. The van der Waals surface area contributed by atoms with Crippen LogP contribution in [0.3, 0.4) is 0 Å². The number of fused-ring (bicyclic) bond motifs is 1. The van der Waals surface area contributed by atoms with E-state index in [9.17, 15) is 14.7 Å². The fraction of sp³-hybridized carbons (Fsp3) is 0.385. The van der Waals surface area contributed by atoms with E-state index in [1.165, 1.54) is 11.2 Å². The maximum Gasteiger partial charge on any atom is 0.326 e. The minimum absolute atomic E-state index is 0.0849. The maximum absolute atomic E-state index is 12.6. The molecule has 8 nitrogen and oxygen atoms in total. The van der Waals surface area contributed by atoms with Crippen LogP contribution in [0.1, 0.15) is 33.5 Å². The van der Waals surface area contributed by atoms with Crippen molar-refractivity contribution in [2.24, 2.45) is 0 Å². The lowest BCUT2D eigenvalue weighted by Gasteiger charge is -2.31. The first-order chi connectivity index (χ1) is 9.97. The highest BCUT2D eigenvalue weighted by molar-refractivity contribution is 5.95. The van der Waals surface area contributed by atoms with Crippen molar-refractivity contribution >= 4 is 11.9 Å². The first-order valence-electron chi connectivity index (χ1n) is 6.46. The third kappa shape index (κ3) is 2.18. The number of amides is 1. The van der Waals surface area contributed by atoms with Crippen LogP contribution >= 0.6 is 0 Å². The number of carbonyl (C=O) groups is 2. The lowest BCUT2D eigenvalue weighted by molar-refractivity contribution is -0.142. The van der Waals surface area contributed by atoms with E-state index in [2.05, 4.69) is 15.0 Å². The molecule has 3 heterocycles. The van der Waals surface area contributed by atoms with Gasteiger partial charge in [-0.25, -0.2) is 14.8 Å². The van der Waals surface area contributed by atoms with Crippen molar-refractivity contribution in [2.45, 2.75) is 32.9 Å². The molecule has 1 amide bonds. The third-order valence-corrected chi connectivity index (χ3v) is 3.54. The van der Waals surface area contributed by atoms with E-state index in [4.69, 9.17) is 4.42 Å². The molecular formula is C13H14N4O4. The van der Waals surface area contributed by atoms with Gasteiger partial charge in [0.2, 0.25) is 5.76 Å². The number of H-pyrrole nitrogens is 1. The van der Waals surface area contributed by atoms with Crippen LogP contribution in [-0.2, 0) is 17.8 Å². The molecule has 1 aliphatic rings. The molecule has 0 fully saturated rings. The highest BCUT2D eigenvalue weighted by atomic mass is 16.4. The summed E-state index contributed by atoms with van der Waals surface area (Å²) in [6.45, 7) is 3.46. The van der Waals surface area contributed by atoms with Crippen LogP contribution < -0.4 is 0 Å². The first-order valence-corrected chi connectivity index (χ1v) is 6.46. The van der Waals surface area contributed by atoms with Crippen molar-refractivity contribution in [3.63, 3.8) is 0 Å². The second kappa shape index (κ2) is 4.72. The van der Waals surface area contributed by atoms with E-state index in [-0.39, 0.29) is 18.7 Å². The quantitative estimate of drug-likeness (QED) is 0.840. The summed E-state index contributed by atoms with van der Waals surface area (Å²) in [6, 6.07) is -0.960. The van der Waals surface area contributed by atoms with Gasteiger partial charge in [0.05, 0.1) is 30.0 Å². The maximum atomic E-state index is 12.6. The lowest BCUT2D eigenvalue weighted by atomic mass is 10.0. The molecule has 0 radical (unpaired) electrons. The van der Waals surface area contributed by atoms with Crippen molar-refractivity contribution in [1.29, 1.82) is 0 Å². The predicted octanol–water partition coefficient (Wildman–Crippen LogP) is 0.666. The van der Waals surface area contributed by atoms with E-state index >= 15 is 0 Å². The Bertz CT molecular complexity index is 718. The van der Waals surface area contributed by atoms with Crippen LogP contribution in [0.15, 0.2) is 10.7 Å². The topological polar surface area (TPSA) is 112 Å². The number of rotatable bonds is 2. The van der Waals surface area contributed by atoms with Gasteiger partial charge in [0.15, 0.2) is 5.89 Å². The highest BCUT2D eigenvalue weighted by Crippen LogP contribution is 2.24. The number of aryl methyl sites for hydroxylation is 2. The fourth-order valence-electron chi connectivity index (χ4n) is 2.53. The summed E-state index contributed by atoms with van der Waals surface area (Å²) >= 11 is 0. The summed E-state index contributed by atoms with van der Waals surface area (Å²) in [5.41, 5.74) is 1.88. The van der Waals surface area contributed by atoms with Gasteiger partial charge in [-0.3, -0.25) is 4.79 Å². The lowest BCUT2D eigenvalue weighted by Crippen LogP contribution is -2.48. The van der Waals surface area contributed by atoms with Gasteiger partial charge in [0.1, 0.15) is 6.04 Å². The Morgan fingerprint density at radius 1 is 1.48 bits per heavy atom. The Kier molecular flexibility index (Phi) is 3.00. The van der Waals surface area contributed by atoms with Gasteiger partial charge >= 0.3 is 5.97 Å². The molecule has 0 aromatic carbocycles. The van der Waals surface area contributed by atoms with Crippen LogP contribution in [0.4, 0.5) is 0 Å². The molecule has 3 rings (SSSR count). The van der Waals surface area contributed by atoms with Crippen molar-refractivity contribution in [2.75, 3.05) is 0 Å². The number of aromatic amines is 1. The predicted molar refractivity (Wildman–Crippen MR) is 69.6 cm³/mol. The fourth-order valence-corrected chi connectivity index (χ4v) is 2.53. The number of carbonyl (C=O) groups excluding carboxylic acids is 1. The summed E-state index contributed by atoms with van der Waals surface area (Å²) in [7, 11) is 0. The first kappa shape index (κ1) is 13.3. The molecule has 110 valence electrons. The van der Waals surface area contributed by atoms with Gasteiger partial charge in [-0.05, 0) is 6.92 Å². The number of imidazole rings is 1. The summed E-state index contributed by atoms with van der Waals surface area (Å²) < 4.78 is 5.31. The van der Waals surface area contributed by atoms with E-state index in [1.807, 2.05) is 0 Å². The summed E-state index contributed by atoms with van der Waals surface area (Å²) in [6.07, 6.45) is 1.67. The highest BCUT2D eigenvalue weighted by Gasteiger charge is 2.38. The van der Waals surface area contributed by atoms with Crippen LogP contribution in [0, 0.1) is 13.8 Å². The average molecular weight is 290 g/mol. The van der Waals surface area contributed by atoms with Crippen LogP contribution in [-0.4, -0.2) is 42.9 Å². The molecule has 2 N–H and O–H groups in total. The van der Waals surface area contributed by atoms with Gasteiger partial charge in [0.25, 0.3) is 5.91 Å². The van der Waals surface area contributed by atoms with E-state index in [0.29, 0.717) is 17.3 Å². The van der Waals surface area contributed by atoms with Gasteiger partial charge in [-0.15, -0.1) is 0 Å². The number of carboxylic acids is 1. The standard InChI is InChI=1S/C13H14N4O4/c1-6-11(21-7(2)16-6)12(18)17-4-9-8(14-5-15-9)3-10(17)13(19)20/h5,10H,3-4H2,1-2H3,(H,14,15)(H,19,20). The van der Waals surface area contributed by atoms with Crippen molar-refractivity contribution in [3.8, 4) is 0 Å². The normalized spacial score (nSPS) is 17.6. The Morgan fingerprint density at radius 2 is 2.24 bits per heavy atom. The summed E-state index contributed by atoms with van der Waals surface area (Å²) in [5, 5.41) is 9.36. The largest absolute Gasteiger partial charge is 0.480 e. The number of carboxylic acid groups (broad SMARTS) is 1. The van der Waals surface area contributed by atoms with Gasteiger partial charge in [-0.2, -0.15) is 0 Å². The summed E-state index contributed by atoms with van der Waals surface area (Å²) in [4.78, 5) is 36.4. The second-order valence-corrected chi connectivity index (χ2v) is 4.97. The van der Waals surface area contributed by atoms with Crippen LogP contribution in [0.25, 0.3) is 0 Å². The zero-order valence-electron chi connectivity index (χ0n) is 11.6. The van der Waals surface area contributed by atoms with Gasteiger partial charge in [0, 0.05) is 13.3 Å². The van der Waals surface area contributed by atoms with Crippen LogP contribution in [0.2, 0.25) is 0 Å². The molecule has 0 bridgehead atoms. The van der Waals surface area contributed by atoms with Crippen molar-refractivity contribution < 1.29 is 19.1 Å². The summed E-state index contributed by atoms with van der Waals surface area (Å²) in [5.74, 6) is -1.07. The number of hydrogen-bond donors (Lipinski definition) is 2. The monoisotopic (exact) mass is 290 g/mol. The van der Waals surface area contributed by atoms with E-state index in [1.54, 1.807) is 13.8 Å². The van der Waals surface area contributed by atoms with E-state index < -0.39 is 17.9 Å². The minimum atomic E-state index is -1.06. The van der Waals surface area contributed by atoms with Crippen LogP contribution in [0.5, 0.6) is 0 Å². The molecular weight excluding hydrogens is 276 g/mol. The van der Waals surface area contributed by atoms with Gasteiger partial charge in [-0.1, -0.05) is 0 Å². The SMILES string of the molecule is Cc1nc(C)c(C(=O)N2Cc3[nH]cnc3CC2C(=O)O)o1. The third-order valence-electron chi connectivity index (χ3n) is 3.54. The number of nitrogens with zero attached hydrogens (tertiary/aromatic N) is 3. The van der Waals surface area contributed by atoms with E-state index in [0.717, 1.165) is 5.69 Å². The number of aromatic nitrogens is 3. The number of nitrogens with one attached hydrogen (secondary N) is 1. The molecule has 21 heavy (non-hydrogen) atoms. The Balaban J connectivity index is 1.97. The van der Waals surface area contributed by atoms with Gasteiger partial charge < -0.3 is 19.4 Å². The molecule has 0 saturated carbocycles. The zero-order chi connectivity index (χ0) is 15.1. The molecule has 2 aromatic rings. The molecule has 0 saturated heterocycles. The molecule has 1 atom stereocenters. The zero-order valence-corrected chi connectivity index (χ0v) is 11.6.